The van der Waals surface area contributed by atoms with E-state index in [2.05, 4.69) is 4.98 Å². The predicted molar refractivity (Wildman–Crippen MR) is 83.2 cm³/mol. The minimum Gasteiger partial charge on any atom is -0.485 e. The van der Waals surface area contributed by atoms with Gasteiger partial charge in [0.05, 0.1) is 17.0 Å². The van der Waals surface area contributed by atoms with Crippen LogP contribution in [0.4, 0.5) is 8.78 Å². The van der Waals surface area contributed by atoms with Crippen LogP contribution in [0.5, 0.6) is 5.75 Å². The van der Waals surface area contributed by atoms with E-state index in [1.54, 1.807) is 6.07 Å². The van der Waals surface area contributed by atoms with Crippen molar-refractivity contribution >= 4 is 5.65 Å². The molecule has 2 aromatic heterocycles. The van der Waals surface area contributed by atoms with Crippen LogP contribution in [0.25, 0.3) is 5.65 Å². The van der Waals surface area contributed by atoms with Crippen LogP contribution in [-0.4, -0.2) is 9.38 Å². The summed E-state index contributed by atoms with van der Waals surface area (Å²) in [6.45, 7) is 3.91. The Bertz CT molecular complexity index is 854. The van der Waals surface area contributed by atoms with E-state index in [0.29, 0.717) is 17.9 Å². The van der Waals surface area contributed by atoms with Crippen LogP contribution < -0.4 is 10.5 Å². The first-order valence-corrected chi connectivity index (χ1v) is 7.25. The zero-order valence-corrected chi connectivity index (χ0v) is 12.9. The maximum absolute atomic E-state index is 13.7. The molecule has 0 unspecified atom stereocenters. The largest absolute Gasteiger partial charge is 0.485 e. The molecule has 0 saturated carbocycles. The fourth-order valence-electron chi connectivity index (χ4n) is 2.58. The van der Waals surface area contributed by atoms with E-state index in [-0.39, 0.29) is 12.2 Å². The van der Waals surface area contributed by atoms with Crippen molar-refractivity contribution in [3.05, 3.63) is 64.6 Å². The number of hydrogen-bond donors (Lipinski definition) is 1. The molecule has 3 aromatic rings. The van der Waals surface area contributed by atoms with E-state index in [1.165, 1.54) is 18.2 Å². The van der Waals surface area contributed by atoms with Gasteiger partial charge in [0.15, 0.2) is 11.4 Å². The van der Waals surface area contributed by atoms with Gasteiger partial charge in [-0.3, -0.25) is 4.40 Å². The van der Waals surface area contributed by atoms with Gasteiger partial charge in [-0.1, -0.05) is 6.07 Å². The van der Waals surface area contributed by atoms with Crippen molar-refractivity contribution in [2.75, 3.05) is 0 Å². The average molecular weight is 317 g/mol. The van der Waals surface area contributed by atoms with Gasteiger partial charge in [-0.05, 0) is 37.6 Å². The molecule has 0 aliphatic carbocycles. The zero-order chi connectivity index (χ0) is 16.6. The molecule has 0 spiro atoms. The number of ether oxygens (including phenoxy) is 1. The number of nitrogens with zero attached hydrogens (tertiary/aromatic N) is 2. The Morgan fingerprint density at radius 2 is 1.91 bits per heavy atom. The second-order valence-corrected chi connectivity index (χ2v) is 5.41. The molecule has 6 heteroatoms. The van der Waals surface area contributed by atoms with Gasteiger partial charge in [0, 0.05) is 12.7 Å². The number of aryl methyl sites for hydroxylation is 2. The third-order valence-electron chi connectivity index (χ3n) is 3.75. The molecule has 0 atom stereocenters. The Labute approximate surface area is 132 Å². The molecule has 120 valence electrons. The highest BCUT2D eigenvalue weighted by molar-refractivity contribution is 5.57. The van der Waals surface area contributed by atoms with Crippen LogP contribution >= 0.6 is 0 Å². The summed E-state index contributed by atoms with van der Waals surface area (Å²) >= 11 is 0. The van der Waals surface area contributed by atoms with Crippen molar-refractivity contribution in [1.29, 1.82) is 0 Å². The molecule has 1 aromatic carbocycles. The van der Waals surface area contributed by atoms with Gasteiger partial charge in [0.2, 0.25) is 0 Å². The van der Waals surface area contributed by atoms with Gasteiger partial charge in [-0.15, -0.1) is 0 Å². The van der Waals surface area contributed by atoms with Gasteiger partial charge in [-0.2, -0.15) is 0 Å². The molecule has 23 heavy (non-hydrogen) atoms. The number of benzene rings is 1. The summed E-state index contributed by atoms with van der Waals surface area (Å²) in [5.74, 6) is -0.790. The maximum Gasteiger partial charge on any atom is 0.180 e. The van der Waals surface area contributed by atoms with Crippen molar-refractivity contribution in [2.45, 2.75) is 27.0 Å². The summed E-state index contributed by atoms with van der Waals surface area (Å²) < 4.78 is 34.9. The topological polar surface area (TPSA) is 52.5 Å². The van der Waals surface area contributed by atoms with Crippen LogP contribution in [0.15, 0.2) is 30.5 Å². The van der Waals surface area contributed by atoms with Gasteiger partial charge in [0.1, 0.15) is 18.2 Å². The van der Waals surface area contributed by atoms with Crippen molar-refractivity contribution in [1.82, 2.24) is 9.38 Å². The predicted octanol–water partition coefficient (Wildman–Crippen LogP) is 3.27. The van der Waals surface area contributed by atoms with E-state index in [0.717, 1.165) is 17.0 Å². The Hall–Kier alpha value is -2.47. The Morgan fingerprint density at radius 3 is 2.57 bits per heavy atom. The lowest BCUT2D eigenvalue weighted by Gasteiger charge is -2.10. The number of hydrogen-bond acceptors (Lipinski definition) is 3. The molecule has 0 aliphatic rings. The minimum absolute atomic E-state index is 0.102. The number of aromatic nitrogens is 2. The molecule has 2 N–H and O–H groups in total. The average Bonchev–Trinajstić information content (AvgIpc) is 2.82. The lowest BCUT2D eigenvalue weighted by Crippen LogP contribution is -2.05. The quantitative estimate of drug-likeness (QED) is 0.803. The van der Waals surface area contributed by atoms with Gasteiger partial charge >= 0.3 is 0 Å². The second-order valence-electron chi connectivity index (χ2n) is 5.41. The van der Waals surface area contributed by atoms with Crippen LogP contribution in [0.2, 0.25) is 0 Å². The van der Waals surface area contributed by atoms with Crippen molar-refractivity contribution in [3.63, 3.8) is 0 Å². The SMILES string of the molecule is Cc1cc(OCc2c(F)cccc2F)c2nc(C)c(CN)n2c1. The summed E-state index contributed by atoms with van der Waals surface area (Å²) in [5.41, 5.74) is 8.88. The Balaban J connectivity index is 2.00. The summed E-state index contributed by atoms with van der Waals surface area (Å²) in [6, 6.07) is 5.53. The van der Waals surface area contributed by atoms with E-state index in [1.807, 2.05) is 24.4 Å². The molecular formula is C17H17F2N3O. The molecule has 0 amide bonds. The molecule has 0 saturated heterocycles. The van der Waals surface area contributed by atoms with Crippen LogP contribution in [0.3, 0.4) is 0 Å². The Morgan fingerprint density at radius 1 is 1.22 bits per heavy atom. The first-order valence-electron chi connectivity index (χ1n) is 7.25. The summed E-state index contributed by atoms with van der Waals surface area (Å²) in [6.07, 6.45) is 1.91. The maximum atomic E-state index is 13.7. The Kier molecular flexibility index (Phi) is 4.00. The third-order valence-corrected chi connectivity index (χ3v) is 3.75. The number of pyridine rings is 1. The summed E-state index contributed by atoms with van der Waals surface area (Å²) in [5, 5.41) is 0. The molecule has 0 radical (unpaired) electrons. The van der Waals surface area contributed by atoms with Gasteiger partial charge < -0.3 is 10.5 Å². The first-order chi connectivity index (χ1) is 11.0. The van der Waals surface area contributed by atoms with Crippen LogP contribution in [0, 0.1) is 25.5 Å². The monoisotopic (exact) mass is 317 g/mol. The highest BCUT2D eigenvalue weighted by atomic mass is 19.1. The summed E-state index contributed by atoms with van der Waals surface area (Å²) in [7, 11) is 0. The van der Waals surface area contributed by atoms with E-state index in [9.17, 15) is 8.78 Å². The number of fused-ring (bicyclic) bond motifs is 1. The molecule has 0 fully saturated rings. The molecule has 0 bridgehead atoms. The normalized spacial score (nSPS) is 11.2. The van der Waals surface area contributed by atoms with Gasteiger partial charge in [-0.25, -0.2) is 13.8 Å². The molecular weight excluding hydrogens is 300 g/mol. The van der Waals surface area contributed by atoms with Gasteiger partial charge in [0.25, 0.3) is 0 Å². The zero-order valence-electron chi connectivity index (χ0n) is 12.9. The van der Waals surface area contributed by atoms with Crippen molar-refractivity contribution in [3.8, 4) is 5.75 Å². The van der Waals surface area contributed by atoms with Crippen molar-refractivity contribution < 1.29 is 13.5 Å². The van der Waals surface area contributed by atoms with Crippen LogP contribution in [-0.2, 0) is 13.2 Å². The minimum atomic E-state index is -0.629. The standard InChI is InChI=1S/C17H17F2N3O/c1-10-6-16(17-21-11(2)15(7-20)22(17)8-10)23-9-12-13(18)4-3-5-14(12)19/h3-6,8H,7,9,20H2,1-2H3. The van der Waals surface area contributed by atoms with Crippen LogP contribution in [0.1, 0.15) is 22.5 Å². The number of nitrogens with two attached hydrogens (primary N) is 1. The summed E-state index contributed by atoms with van der Waals surface area (Å²) in [4.78, 5) is 4.45. The fraction of sp³-hybridized carbons (Fsp3) is 0.235. The van der Waals surface area contributed by atoms with E-state index >= 15 is 0 Å². The fourth-order valence-corrected chi connectivity index (χ4v) is 2.58. The number of halogens is 2. The molecule has 4 nitrogen and oxygen atoms in total. The van der Waals surface area contributed by atoms with E-state index < -0.39 is 11.6 Å². The molecule has 2 heterocycles. The highest BCUT2D eigenvalue weighted by Crippen LogP contribution is 2.25. The first kappa shape index (κ1) is 15.4. The second kappa shape index (κ2) is 5.96. The smallest absolute Gasteiger partial charge is 0.180 e. The third kappa shape index (κ3) is 2.77. The molecule has 0 aliphatic heterocycles. The highest BCUT2D eigenvalue weighted by Gasteiger charge is 2.14. The number of imidazole rings is 1. The lowest BCUT2D eigenvalue weighted by atomic mass is 10.2. The lowest BCUT2D eigenvalue weighted by molar-refractivity contribution is 0.294. The van der Waals surface area contributed by atoms with E-state index in [4.69, 9.17) is 10.5 Å². The van der Waals surface area contributed by atoms with Crippen molar-refractivity contribution in [2.24, 2.45) is 5.73 Å². The number of rotatable bonds is 4. The molecule has 3 rings (SSSR count).